The lowest BCUT2D eigenvalue weighted by atomic mass is 10.0. The summed E-state index contributed by atoms with van der Waals surface area (Å²) in [6.45, 7) is 1.75. The molecule has 6 nitrogen and oxygen atoms in total. The highest BCUT2D eigenvalue weighted by Gasteiger charge is 2.22. The van der Waals surface area contributed by atoms with Gasteiger partial charge in [0.05, 0.1) is 16.3 Å². The van der Waals surface area contributed by atoms with Crippen LogP contribution in [0.25, 0.3) is 0 Å². The molecular weight excluding hydrogens is 336 g/mol. The molecular formula is C18H21ClN6. The average molecular weight is 357 g/mol. The smallest absolute Gasteiger partial charge is 0.226 e. The van der Waals surface area contributed by atoms with Crippen LogP contribution in [0.4, 0.5) is 17.5 Å². The first-order valence-electron chi connectivity index (χ1n) is 8.29. The van der Waals surface area contributed by atoms with E-state index in [1.165, 1.54) is 0 Å². The van der Waals surface area contributed by atoms with Gasteiger partial charge in [0, 0.05) is 39.4 Å². The Bertz CT molecular complexity index is 777. The molecule has 0 aliphatic carbocycles. The molecule has 3 rings (SSSR count). The van der Waals surface area contributed by atoms with E-state index in [2.05, 4.69) is 26.3 Å². The average Bonchev–Trinajstić information content (AvgIpc) is 2.62. The summed E-state index contributed by atoms with van der Waals surface area (Å²) in [7, 11) is 3.85. The minimum Gasteiger partial charge on any atom is -0.370 e. The molecule has 130 valence electrons. The highest BCUT2D eigenvalue weighted by Crippen LogP contribution is 2.29. The summed E-state index contributed by atoms with van der Waals surface area (Å²) >= 11 is 6.15. The molecule has 2 heterocycles. The van der Waals surface area contributed by atoms with E-state index in [0.29, 0.717) is 22.6 Å². The summed E-state index contributed by atoms with van der Waals surface area (Å²) < 4.78 is 0. The molecule has 1 fully saturated rings. The van der Waals surface area contributed by atoms with E-state index in [1.807, 2.05) is 37.2 Å². The molecule has 7 heteroatoms. The number of nitriles is 1. The van der Waals surface area contributed by atoms with E-state index in [9.17, 15) is 5.26 Å². The van der Waals surface area contributed by atoms with Crippen LogP contribution in [-0.2, 0) is 0 Å². The Kier molecular flexibility index (Phi) is 5.25. The van der Waals surface area contributed by atoms with Crippen molar-refractivity contribution in [2.75, 3.05) is 42.3 Å². The predicted molar refractivity (Wildman–Crippen MR) is 101 cm³/mol. The van der Waals surface area contributed by atoms with Gasteiger partial charge in [-0.1, -0.05) is 17.7 Å². The van der Waals surface area contributed by atoms with Gasteiger partial charge in [-0.15, -0.1) is 0 Å². The Hall–Kier alpha value is -2.52. The van der Waals surface area contributed by atoms with Crippen molar-refractivity contribution in [2.24, 2.45) is 0 Å². The molecule has 2 aromatic rings. The summed E-state index contributed by atoms with van der Waals surface area (Å²) in [6, 6.07) is 10.1. The first-order chi connectivity index (χ1) is 12.1. The van der Waals surface area contributed by atoms with Gasteiger partial charge in [0.25, 0.3) is 0 Å². The van der Waals surface area contributed by atoms with E-state index in [4.69, 9.17) is 11.6 Å². The van der Waals surface area contributed by atoms with Gasteiger partial charge in [0.2, 0.25) is 5.95 Å². The standard InChI is InChI=1S/C18H21ClN6/c1-24(2)18-21-9-6-17(23-18)22-13-7-10-25(11-8-13)16-5-3-4-15(19)14(16)12-20/h3-6,9,13H,7-8,10-11H2,1-2H3,(H,21,22,23). The van der Waals surface area contributed by atoms with Crippen LogP contribution < -0.4 is 15.1 Å². The fourth-order valence-electron chi connectivity index (χ4n) is 3.01. The number of piperidine rings is 1. The van der Waals surface area contributed by atoms with Gasteiger partial charge in [0.15, 0.2) is 0 Å². The van der Waals surface area contributed by atoms with Crippen molar-refractivity contribution in [1.29, 1.82) is 5.26 Å². The first kappa shape index (κ1) is 17.3. The second kappa shape index (κ2) is 7.58. The molecule has 0 spiro atoms. The molecule has 1 aliphatic heterocycles. The lowest BCUT2D eigenvalue weighted by molar-refractivity contribution is 0.525. The Morgan fingerprint density at radius 2 is 2.04 bits per heavy atom. The van der Waals surface area contributed by atoms with Crippen LogP contribution in [0.15, 0.2) is 30.5 Å². The third-order valence-electron chi connectivity index (χ3n) is 4.33. The van der Waals surface area contributed by atoms with Gasteiger partial charge in [0.1, 0.15) is 11.9 Å². The Morgan fingerprint density at radius 3 is 2.72 bits per heavy atom. The highest BCUT2D eigenvalue weighted by molar-refractivity contribution is 6.32. The maximum absolute atomic E-state index is 9.36. The van der Waals surface area contributed by atoms with Crippen molar-refractivity contribution < 1.29 is 0 Å². The zero-order chi connectivity index (χ0) is 17.8. The maximum atomic E-state index is 9.36. The summed E-state index contributed by atoms with van der Waals surface area (Å²) in [5.41, 5.74) is 1.48. The molecule has 0 bridgehead atoms. The second-order valence-corrected chi connectivity index (χ2v) is 6.69. The van der Waals surface area contributed by atoms with Gasteiger partial charge in [-0.05, 0) is 31.0 Å². The number of hydrogen-bond donors (Lipinski definition) is 1. The topological polar surface area (TPSA) is 68.1 Å². The minimum absolute atomic E-state index is 0.353. The molecule has 0 saturated carbocycles. The van der Waals surface area contributed by atoms with Crippen molar-refractivity contribution in [3.8, 4) is 6.07 Å². The van der Waals surface area contributed by atoms with E-state index in [0.717, 1.165) is 37.4 Å². The van der Waals surface area contributed by atoms with Crippen LogP contribution >= 0.6 is 11.6 Å². The second-order valence-electron chi connectivity index (χ2n) is 6.29. The summed E-state index contributed by atoms with van der Waals surface area (Å²) in [6.07, 6.45) is 3.71. The van der Waals surface area contributed by atoms with Crippen molar-refractivity contribution in [3.05, 3.63) is 41.0 Å². The van der Waals surface area contributed by atoms with Crippen molar-refractivity contribution in [3.63, 3.8) is 0 Å². The molecule has 25 heavy (non-hydrogen) atoms. The molecule has 0 unspecified atom stereocenters. The van der Waals surface area contributed by atoms with Crippen molar-refractivity contribution in [2.45, 2.75) is 18.9 Å². The molecule has 0 amide bonds. The number of benzene rings is 1. The van der Waals surface area contributed by atoms with Gasteiger partial charge in [-0.2, -0.15) is 10.2 Å². The Morgan fingerprint density at radius 1 is 1.28 bits per heavy atom. The molecule has 0 atom stereocenters. The van der Waals surface area contributed by atoms with E-state index < -0.39 is 0 Å². The van der Waals surface area contributed by atoms with Crippen LogP contribution in [0.1, 0.15) is 18.4 Å². The molecule has 0 radical (unpaired) electrons. The molecule has 1 aromatic heterocycles. The molecule has 1 aromatic carbocycles. The quantitative estimate of drug-likeness (QED) is 0.907. The Labute approximate surface area is 153 Å². The summed E-state index contributed by atoms with van der Waals surface area (Å²) in [5, 5.41) is 13.4. The number of anilines is 3. The largest absolute Gasteiger partial charge is 0.370 e. The zero-order valence-corrected chi connectivity index (χ0v) is 15.2. The number of aromatic nitrogens is 2. The Balaban J connectivity index is 1.64. The van der Waals surface area contributed by atoms with Gasteiger partial charge < -0.3 is 15.1 Å². The summed E-state index contributed by atoms with van der Waals surface area (Å²) in [4.78, 5) is 12.9. The zero-order valence-electron chi connectivity index (χ0n) is 14.4. The SMILES string of the molecule is CN(C)c1nccc(NC2CCN(c3cccc(Cl)c3C#N)CC2)n1. The molecule has 1 saturated heterocycles. The van der Waals surface area contributed by atoms with E-state index >= 15 is 0 Å². The van der Waals surface area contributed by atoms with E-state index in [-0.39, 0.29) is 0 Å². The van der Waals surface area contributed by atoms with Crippen LogP contribution in [-0.4, -0.2) is 43.2 Å². The van der Waals surface area contributed by atoms with Gasteiger partial charge >= 0.3 is 0 Å². The normalized spacial score (nSPS) is 14.9. The van der Waals surface area contributed by atoms with Gasteiger partial charge in [-0.25, -0.2) is 4.98 Å². The summed E-state index contributed by atoms with van der Waals surface area (Å²) in [5.74, 6) is 1.54. The highest BCUT2D eigenvalue weighted by atomic mass is 35.5. The number of halogens is 1. The third kappa shape index (κ3) is 3.94. The van der Waals surface area contributed by atoms with Crippen molar-refractivity contribution >= 4 is 29.1 Å². The number of nitrogens with one attached hydrogen (secondary N) is 1. The van der Waals surface area contributed by atoms with Crippen LogP contribution in [0.5, 0.6) is 0 Å². The fourth-order valence-corrected chi connectivity index (χ4v) is 3.22. The lowest BCUT2D eigenvalue weighted by Gasteiger charge is -2.34. The predicted octanol–water partition coefficient (Wildman–Crippen LogP) is 3.15. The van der Waals surface area contributed by atoms with E-state index in [1.54, 1.807) is 12.3 Å². The van der Waals surface area contributed by atoms with Crippen molar-refractivity contribution in [1.82, 2.24) is 9.97 Å². The fraction of sp³-hybridized carbons (Fsp3) is 0.389. The molecule has 1 aliphatic rings. The molecule has 1 N–H and O–H groups in total. The van der Waals surface area contributed by atoms with Crippen LogP contribution in [0.2, 0.25) is 5.02 Å². The minimum atomic E-state index is 0.353. The lowest BCUT2D eigenvalue weighted by Crippen LogP contribution is -2.39. The monoisotopic (exact) mass is 356 g/mol. The number of hydrogen-bond acceptors (Lipinski definition) is 6. The first-order valence-corrected chi connectivity index (χ1v) is 8.66. The number of nitrogens with zero attached hydrogens (tertiary/aromatic N) is 5. The number of rotatable bonds is 4. The van der Waals surface area contributed by atoms with Gasteiger partial charge in [-0.3, -0.25) is 0 Å². The third-order valence-corrected chi connectivity index (χ3v) is 4.65. The maximum Gasteiger partial charge on any atom is 0.226 e. The van der Waals surface area contributed by atoms with Crippen LogP contribution in [0.3, 0.4) is 0 Å². The van der Waals surface area contributed by atoms with Crippen LogP contribution in [0, 0.1) is 11.3 Å².